The van der Waals surface area contributed by atoms with Gasteiger partial charge in [0.15, 0.2) is 17.8 Å². The third-order valence-electron chi connectivity index (χ3n) is 3.21. The van der Waals surface area contributed by atoms with Crippen LogP contribution in [0.25, 0.3) is 0 Å². The van der Waals surface area contributed by atoms with Crippen LogP contribution in [-0.2, 0) is 9.47 Å². The first-order valence-corrected chi connectivity index (χ1v) is 6.63. The maximum atomic E-state index is 12.5. The van der Waals surface area contributed by atoms with Gasteiger partial charge in [-0.05, 0) is 12.1 Å². The molecule has 1 aromatic carbocycles. The van der Waals surface area contributed by atoms with Gasteiger partial charge in [-0.15, -0.1) is 0 Å². The second-order valence-electron chi connectivity index (χ2n) is 4.50. The lowest BCUT2D eigenvalue weighted by Gasteiger charge is -2.23. The Labute approximate surface area is 130 Å². The van der Waals surface area contributed by atoms with Gasteiger partial charge in [-0.2, -0.15) is 0 Å². The highest BCUT2D eigenvalue weighted by Crippen LogP contribution is 2.38. The quantitative estimate of drug-likeness (QED) is 0.676. The molecule has 0 radical (unpaired) electrons. The van der Waals surface area contributed by atoms with E-state index in [0.717, 1.165) is 0 Å². The van der Waals surface area contributed by atoms with Crippen LogP contribution in [0.5, 0.6) is 17.2 Å². The van der Waals surface area contributed by atoms with E-state index in [1.165, 1.54) is 40.4 Å². The Morgan fingerprint density at radius 2 is 1.50 bits per heavy atom. The molecule has 1 rings (SSSR count). The van der Waals surface area contributed by atoms with Crippen molar-refractivity contribution in [3.05, 3.63) is 17.7 Å². The minimum atomic E-state index is -0.490. The molecule has 7 heteroatoms. The number of benzene rings is 1. The third-order valence-corrected chi connectivity index (χ3v) is 3.21. The van der Waals surface area contributed by atoms with Crippen LogP contribution in [0.1, 0.15) is 10.4 Å². The Morgan fingerprint density at radius 1 is 1.00 bits per heavy atom. The van der Waals surface area contributed by atoms with Crippen LogP contribution < -0.4 is 14.2 Å². The second kappa shape index (κ2) is 8.45. The molecular formula is C15H23NO6. The van der Waals surface area contributed by atoms with Gasteiger partial charge in [0.2, 0.25) is 5.75 Å². The number of methoxy groups -OCH3 is 5. The van der Waals surface area contributed by atoms with Crippen molar-refractivity contribution in [3.63, 3.8) is 0 Å². The molecule has 0 spiro atoms. The molecule has 0 N–H and O–H groups in total. The van der Waals surface area contributed by atoms with Crippen molar-refractivity contribution >= 4 is 5.91 Å². The van der Waals surface area contributed by atoms with Gasteiger partial charge in [0.25, 0.3) is 5.91 Å². The van der Waals surface area contributed by atoms with E-state index in [1.807, 2.05) is 0 Å². The average molecular weight is 313 g/mol. The van der Waals surface area contributed by atoms with E-state index in [9.17, 15) is 4.79 Å². The summed E-state index contributed by atoms with van der Waals surface area (Å²) in [5.41, 5.74) is 0.419. The molecule has 7 nitrogen and oxygen atoms in total. The summed E-state index contributed by atoms with van der Waals surface area (Å²) in [5.74, 6) is 1.08. The average Bonchev–Trinajstić information content (AvgIpc) is 2.56. The molecule has 0 unspecified atom stereocenters. The van der Waals surface area contributed by atoms with Crippen LogP contribution in [0.2, 0.25) is 0 Å². The number of hydrogen-bond acceptors (Lipinski definition) is 6. The number of nitrogens with zero attached hydrogens (tertiary/aromatic N) is 1. The summed E-state index contributed by atoms with van der Waals surface area (Å²) in [7, 11) is 9.21. The fourth-order valence-electron chi connectivity index (χ4n) is 1.98. The van der Waals surface area contributed by atoms with Crippen LogP contribution in [0, 0.1) is 0 Å². The molecule has 124 valence electrons. The minimum absolute atomic E-state index is 0.210. The zero-order valence-electron chi connectivity index (χ0n) is 13.8. The summed E-state index contributed by atoms with van der Waals surface area (Å²) in [6.45, 7) is 0.294. The lowest BCUT2D eigenvalue weighted by atomic mass is 10.1. The van der Waals surface area contributed by atoms with Crippen LogP contribution in [0.15, 0.2) is 12.1 Å². The van der Waals surface area contributed by atoms with Crippen molar-refractivity contribution < 1.29 is 28.5 Å². The van der Waals surface area contributed by atoms with Gasteiger partial charge in [0.05, 0.1) is 27.9 Å². The molecule has 0 aliphatic rings. The summed E-state index contributed by atoms with van der Waals surface area (Å²) >= 11 is 0. The van der Waals surface area contributed by atoms with Crippen molar-refractivity contribution in [1.29, 1.82) is 0 Å². The molecule has 0 heterocycles. The summed E-state index contributed by atoms with van der Waals surface area (Å²) in [5, 5.41) is 0. The van der Waals surface area contributed by atoms with Gasteiger partial charge < -0.3 is 28.6 Å². The predicted molar refractivity (Wildman–Crippen MR) is 80.9 cm³/mol. The normalized spacial score (nSPS) is 10.5. The molecule has 0 atom stereocenters. The Hall–Kier alpha value is -1.99. The van der Waals surface area contributed by atoms with Crippen molar-refractivity contribution in [2.75, 3.05) is 49.1 Å². The number of carbonyl (C=O) groups excluding carboxylic acids is 1. The summed E-state index contributed by atoms with van der Waals surface area (Å²) in [6, 6.07) is 3.21. The maximum Gasteiger partial charge on any atom is 0.254 e. The largest absolute Gasteiger partial charge is 0.493 e. The molecule has 0 aliphatic heterocycles. The summed E-state index contributed by atoms with van der Waals surface area (Å²) < 4.78 is 25.9. The van der Waals surface area contributed by atoms with Crippen molar-refractivity contribution in [1.82, 2.24) is 4.90 Å². The van der Waals surface area contributed by atoms with Crippen molar-refractivity contribution in [2.45, 2.75) is 6.29 Å². The molecular weight excluding hydrogens is 290 g/mol. The first-order chi connectivity index (χ1) is 10.5. The monoisotopic (exact) mass is 313 g/mol. The zero-order chi connectivity index (χ0) is 16.7. The highest BCUT2D eigenvalue weighted by molar-refractivity contribution is 5.95. The number of carbonyl (C=O) groups is 1. The van der Waals surface area contributed by atoms with E-state index in [4.69, 9.17) is 23.7 Å². The Bertz CT molecular complexity index is 476. The van der Waals surface area contributed by atoms with E-state index in [2.05, 4.69) is 0 Å². The molecule has 1 amide bonds. The lowest BCUT2D eigenvalue weighted by Crippen LogP contribution is -2.36. The third kappa shape index (κ3) is 4.02. The SMILES string of the molecule is COc1cc(C(=O)N(C)CC(OC)OC)cc(OC)c1OC. The van der Waals surface area contributed by atoms with Crippen LogP contribution >= 0.6 is 0 Å². The maximum absolute atomic E-state index is 12.5. The molecule has 0 bridgehead atoms. The lowest BCUT2D eigenvalue weighted by molar-refractivity contribution is -0.110. The highest BCUT2D eigenvalue weighted by atomic mass is 16.7. The van der Waals surface area contributed by atoms with E-state index in [1.54, 1.807) is 19.2 Å². The van der Waals surface area contributed by atoms with Gasteiger partial charge in [0, 0.05) is 26.8 Å². The number of rotatable bonds is 8. The molecule has 0 saturated carbocycles. The summed E-state index contributed by atoms with van der Waals surface area (Å²) in [6.07, 6.45) is -0.490. The van der Waals surface area contributed by atoms with E-state index in [0.29, 0.717) is 29.4 Å². The fraction of sp³-hybridized carbons (Fsp3) is 0.533. The first-order valence-electron chi connectivity index (χ1n) is 6.63. The standard InChI is InChI=1S/C15H23NO6/c1-16(9-13(20-4)21-5)15(17)10-7-11(18-2)14(22-6)12(8-10)19-3/h7-8,13H,9H2,1-6H3. The molecule has 0 aliphatic carbocycles. The fourth-order valence-corrected chi connectivity index (χ4v) is 1.98. The highest BCUT2D eigenvalue weighted by Gasteiger charge is 2.21. The van der Waals surface area contributed by atoms with E-state index in [-0.39, 0.29) is 5.91 Å². The molecule has 1 aromatic rings. The summed E-state index contributed by atoms with van der Waals surface area (Å²) in [4.78, 5) is 14.0. The number of ether oxygens (including phenoxy) is 5. The van der Waals surface area contributed by atoms with Gasteiger partial charge in [-0.3, -0.25) is 4.79 Å². The van der Waals surface area contributed by atoms with Crippen LogP contribution in [-0.4, -0.2) is 66.2 Å². The molecule has 0 fully saturated rings. The molecule has 22 heavy (non-hydrogen) atoms. The van der Waals surface area contributed by atoms with Crippen molar-refractivity contribution in [2.24, 2.45) is 0 Å². The second-order valence-corrected chi connectivity index (χ2v) is 4.50. The van der Waals surface area contributed by atoms with Gasteiger partial charge >= 0.3 is 0 Å². The predicted octanol–water partition coefficient (Wildman–Crippen LogP) is 1.40. The topological polar surface area (TPSA) is 66.5 Å². The van der Waals surface area contributed by atoms with E-state index < -0.39 is 6.29 Å². The van der Waals surface area contributed by atoms with Gasteiger partial charge in [-0.1, -0.05) is 0 Å². The first kappa shape index (κ1) is 18.1. The van der Waals surface area contributed by atoms with Gasteiger partial charge in [-0.25, -0.2) is 0 Å². The smallest absolute Gasteiger partial charge is 0.254 e. The number of likely N-dealkylation sites (N-methyl/N-ethyl adjacent to an activating group) is 1. The van der Waals surface area contributed by atoms with Crippen LogP contribution in [0.3, 0.4) is 0 Å². The van der Waals surface area contributed by atoms with E-state index >= 15 is 0 Å². The minimum Gasteiger partial charge on any atom is -0.493 e. The van der Waals surface area contributed by atoms with Crippen molar-refractivity contribution in [3.8, 4) is 17.2 Å². The van der Waals surface area contributed by atoms with Crippen LogP contribution in [0.4, 0.5) is 0 Å². The number of hydrogen-bond donors (Lipinski definition) is 0. The Kier molecular flexibility index (Phi) is 6.94. The van der Waals surface area contributed by atoms with Gasteiger partial charge in [0.1, 0.15) is 0 Å². The number of amides is 1. The Morgan fingerprint density at radius 3 is 1.86 bits per heavy atom. The molecule has 0 saturated heterocycles. The Balaban J connectivity index is 3.07. The zero-order valence-corrected chi connectivity index (χ0v) is 13.8. The molecule has 0 aromatic heterocycles.